The number of carbonyl (C=O) groups excluding carboxylic acids is 1. The average molecular weight is 223 g/mol. The van der Waals surface area contributed by atoms with Crippen LogP contribution in [0.25, 0.3) is 0 Å². The van der Waals surface area contributed by atoms with E-state index < -0.39 is 0 Å². The van der Waals surface area contributed by atoms with Crippen LogP contribution in [0.1, 0.15) is 47.0 Å². The summed E-state index contributed by atoms with van der Waals surface area (Å²) < 4.78 is 0. The molecule has 0 aromatic heterocycles. The summed E-state index contributed by atoms with van der Waals surface area (Å²) in [7, 11) is 0. The van der Waals surface area contributed by atoms with E-state index in [1.165, 1.54) is 6.42 Å². The van der Waals surface area contributed by atoms with Gasteiger partial charge < -0.3 is 5.32 Å². The van der Waals surface area contributed by atoms with Crippen LogP contribution >= 0.6 is 0 Å². The minimum absolute atomic E-state index is 0.142. The van der Waals surface area contributed by atoms with Crippen molar-refractivity contribution in [2.45, 2.75) is 53.0 Å². The molecular formula is C14H25NO. The maximum Gasteiger partial charge on any atom is 0.223 e. The largest absolute Gasteiger partial charge is 0.354 e. The maximum atomic E-state index is 12.1. The molecular weight excluding hydrogens is 198 g/mol. The summed E-state index contributed by atoms with van der Waals surface area (Å²) in [5, 5.41) is 3.04. The number of nitrogens with one attached hydrogen (secondary N) is 1. The Labute approximate surface area is 99.5 Å². The smallest absolute Gasteiger partial charge is 0.223 e. The third-order valence-corrected chi connectivity index (χ3v) is 3.51. The molecule has 2 heteroatoms. The molecule has 0 aromatic rings. The van der Waals surface area contributed by atoms with Gasteiger partial charge in [-0.3, -0.25) is 4.79 Å². The van der Waals surface area contributed by atoms with Gasteiger partial charge in [0, 0.05) is 12.0 Å². The highest BCUT2D eigenvalue weighted by molar-refractivity contribution is 5.79. The number of rotatable bonds is 3. The van der Waals surface area contributed by atoms with Gasteiger partial charge in [0.15, 0.2) is 0 Å². The Balaban J connectivity index is 2.71. The molecule has 92 valence electrons. The van der Waals surface area contributed by atoms with Gasteiger partial charge in [-0.05, 0) is 45.4 Å². The topological polar surface area (TPSA) is 29.1 Å². The van der Waals surface area contributed by atoms with Crippen LogP contribution in [0.5, 0.6) is 0 Å². The molecule has 1 fully saturated rings. The summed E-state index contributed by atoms with van der Waals surface area (Å²) in [6, 6.07) is 0.232. The van der Waals surface area contributed by atoms with Crippen LogP contribution in [-0.2, 0) is 4.79 Å². The van der Waals surface area contributed by atoms with E-state index in [1.54, 1.807) is 0 Å². The lowest BCUT2D eigenvalue weighted by Gasteiger charge is -2.34. The van der Waals surface area contributed by atoms with Gasteiger partial charge in [-0.1, -0.05) is 25.5 Å². The standard InChI is InChI=1S/C14H25NO/c1-9(2)12-7-6-11(5)8-13(12)14(16)15-10(3)4/h10-13H,1,6-8H2,2-5H3,(H,15,16)/t11-,12+,13-/m1/s1. The van der Waals surface area contributed by atoms with Crippen molar-refractivity contribution in [2.75, 3.05) is 0 Å². The second kappa shape index (κ2) is 5.51. The number of hydrogen-bond acceptors (Lipinski definition) is 1. The summed E-state index contributed by atoms with van der Waals surface area (Å²) in [6.07, 6.45) is 3.35. The third kappa shape index (κ3) is 3.36. The highest BCUT2D eigenvalue weighted by atomic mass is 16.1. The Morgan fingerprint density at radius 3 is 2.44 bits per heavy atom. The van der Waals surface area contributed by atoms with Crippen LogP contribution in [0.3, 0.4) is 0 Å². The lowest BCUT2D eigenvalue weighted by atomic mass is 9.71. The van der Waals surface area contributed by atoms with Gasteiger partial charge in [0.05, 0.1) is 0 Å². The van der Waals surface area contributed by atoms with Crippen molar-refractivity contribution in [2.24, 2.45) is 17.8 Å². The molecule has 0 unspecified atom stereocenters. The lowest BCUT2D eigenvalue weighted by molar-refractivity contribution is -0.128. The minimum atomic E-state index is 0.142. The zero-order valence-corrected chi connectivity index (χ0v) is 11.0. The molecule has 0 bridgehead atoms. The lowest BCUT2D eigenvalue weighted by Crippen LogP contribution is -2.41. The SMILES string of the molecule is C=C(C)[C@@H]1CC[C@@H](C)C[C@H]1C(=O)NC(C)C. The summed E-state index contributed by atoms with van der Waals surface area (Å²) in [5.41, 5.74) is 1.16. The monoisotopic (exact) mass is 223 g/mol. The minimum Gasteiger partial charge on any atom is -0.354 e. The Bertz CT molecular complexity index is 270. The molecule has 16 heavy (non-hydrogen) atoms. The van der Waals surface area contributed by atoms with E-state index in [0.29, 0.717) is 11.8 Å². The molecule has 0 heterocycles. The maximum absolute atomic E-state index is 12.1. The quantitative estimate of drug-likeness (QED) is 0.732. The molecule has 1 aliphatic rings. The highest BCUT2D eigenvalue weighted by Gasteiger charge is 2.34. The van der Waals surface area contributed by atoms with Gasteiger partial charge in [0.25, 0.3) is 0 Å². The molecule has 0 aliphatic heterocycles. The Morgan fingerprint density at radius 2 is 1.94 bits per heavy atom. The molecule has 0 spiro atoms. The van der Waals surface area contributed by atoms with Crippen molar-refractivity contribution in [3.63, 3.8) is 0 Å². The first-order valence-corrected chi connectivity index (χ1v) is 6.37. The number of allylic oxidation sites excluding steroid dienone is 1. The molecule has 2 nitrogen and oxygen atoms in total. The van der Waals surface area contributed by atoms with Gasteiger partial charge in [-0.2, -0.15) is 0 Å². The molecule has 1 N–H and O–H groups in total. The first-order valence-electron chi connectivity index (χ1n) is 6.37. The van der Waals surface area contributed by atoms with E-state index in [2.05, 4.69) is 25.7 Å². The van der Waals surface area contributed by atoms with Gasteiger partial charge in [-0.25, -0.2) is 0 Å². The third-order valence-electron chi connectivity index (χ3n) is 3.51. The number of hydrogen-bond donors (Lipinski definition) is 1. The molecule has 3 atom stereocenters. The zero-order valence-electron chi connectivity index (χ0n) is 11.0. The second-order valence-corrected chi connectivity index (χ2v) is 5.64. The summed E-state index contributed by atoms with van der Waals surface area (Å²) >= 11 is 0. The molecule has 0 radical (unpaired) electrons. The Kier molecular flexibility index (Phi) is 4.57. The average Bonchev–Trinajstić information content (AvgIpc) is 2.15. The fourth-order valence-electron chi connectivity index (χ4n) is 2.65. The molecule has 1 amide bonds. The van der Waals surface area contributed by atoms with Crippen molar-refractivity contribution < 1.29 is 4.79 Å². The molecule has 0 aromatic carbocycles. The predicted molar refractivity (Wildman–Crippen MR) is 68.1 cm³/mol. The Morgan fingerprint density at radius 1 is 1.31 bits per heavy atom. The first kappa shape index (κ1) is 13.3. The summed E-state index contributed by atoms with van der Waals surface area (Å²) in [4.78, 5) is 12.1. The van der Waals surface area contributed by atoms with Crippen molar-refractivity contribution in [1.82, 2.24) is 5.32 Å². The predicted octanol–water partition coefficient (Wildman–Crippen LogP) is 3.14. The second-order valence-electron chi connectivity index (χ2n) is 5.64. The molecule has 0 saturated heterocycles. The van der Waals surface area contributed by atoms with E-state index in [9.17, 15) is 4.79 Å². The van der Waals surface area contributed by atoms with Crippen molar-refractivity contribution >= 4 is 5.91 Å². The fraction of sp³-hybridized carbons (Fsp3) is 0.786. The molecule has 1 aliphatic carbocycles. The van der Waals surface area contributed by atoms with E-state index in [0.717, 1.165) is 18.4 Å². The van der Waals surface area contributed by atoms with Crippen molar-refractivity contribution in [3.8, 4) is 0 Å². The van der Waals surface area contributed by atoms with Crippen LogP contribution in [0, 0.1) is 17.8 Å². The van der Waals surface area contributed by atoms with E-state index in [-0.39, 0.29) is 17.9 Å². The van der Waals surface area contributed by atoms with Gasteiger partial charge in [0.2, 0.25) is 5.91 Å². The zero-order chi connectivity index (χ0) is 12.3. The molecule has 1 rings (SSSR count). The number of carbonyl (C=O) groups is 1. The van der Waals surface area contributed by atoms with Crippen molar-refractivity contribution in [3.05, 3.63) is 12.2 Å². The van der Waals surface area contributed by atoms with Gasteiger partial charge in [-0.15, -0.1) is 0 Å². The van der Waals surface area contributed by atoms with Gasteiger partial charge in [0.1, 0.15) is 0 Å². The summed E-state index contributed by atoms with van der Waals surface area (Å²) in [6.45, 7) is 12.4. The van der Waals surface area contributed by atoms with Crippen LogP contribution in [-0.4, -0.2) is 11.9 Å². The van der Waals surface area contributed by atoms with Crippen LogP contribution in [0.15, 0.2) is 12.2 Å². The van der Waals surface area contributed by atoms with Crippen molar-refractivity contribution in [1.29, 1.82) is 0 Å². The normalized spacial score (nSPS) is 30.2. The van der Waals surface area contributed by atoms with E-state index in [1.807, 2.05) is 13.8 Å². The molecule has 1 saturated carbocycles. The van der Waals surface area contributed by atoms with Crippen LogP contribution < -0.4 is 5.32 Å². The number of amides is 1. The van der Waals surface area contributed by atoms with E-state index >= 15 is 0 Å². The van der Waals surface area contributed by atoms with E-state index in [4.69, 9.17) is 0 Å². The first-order chi connectivity index (χ1) is 7.41. The summed E-state index contributed by atoms with van der Waals surface area (Å²) in [5.74, 6) is 1.41. The van der Waals surface area contributed by atoms with Crippen LogP contribution in [0.4, 0.5) is 0 Å². The highest BCUT2D eigenvalue weighted by Crippen LogP contribution is 2.37. The van der Waals surface area contributed by atoms with Gasteiger partial charge >= 0.3 is 0 Å². The Hall–Kier alpha value is -0.790. The van der Waals surface area contributed by atoms with Crippen LogP contribution in [0.2, 0.25) is 0 Å². The fourth-order valence-corrected chi connectivity index (χ4v) is 2.65.